The molecule has 0 saturated carbocycles. The van der Waals surface area contributed by atoms with E-state index in [0.29, 0.717) is 29.6 Å². The smallest absolute Gasteiger partial charge is 0.340 e. The predicted molar refractivity (Wildman–Crippen MR) is 91.2 cm³/mol. The molecule has 0 radical (unpaired) electrons. The van der Waals surface area contributed by atoms with Crippen LogP contribution in [-0.2, 0) is 4.74 Å². The van der Waals surface area contributed by atoms with Crippen molar-refractivity contribution in [2.24, 2.45) is 0 Å². The maximum Gasteiger partial charge on any atom is 0.340 e. The fraction of sp³-hybridized carbons (Fsp3) is 0.353. The van der Waals surface area contributed by atoms with Crippen molar-refractivity contribution in [3.05, 3.63) is 41.6 Å². The van der Waals surface area contributed by atoms with Gasteiger partial charge in [0.15, 0.2) is 0 Å². The van der Waals surface area contributed by atoms with Crippen LogP contribution in [0.1, 0.15) is 36.8 Å². The molecular formula is C17H22N4O2. The normalized spacial score (nSPS) is 10.5. The van der Waals surface area contributed by atoms with Gasteiger partial charge < -0.3 is 15.4 Å². The first-order valence-electron chi connectivity index (χ1n) is 7.65. The number of anilines is 3. The Bertz CT molecular complexity index is 686. The Hall–Kier alpha value is -2.63. The first-order chi connectivity index (χ1) is 11.0. The van der Waals surface area contributed by atoms with Gasteiger partial charge in [0.2, 0.25) is 5.95 Å². The standard InChI is InChI=1S/C17H22N4O2/c1-5-23-16(22)13-8-6-7-9-14(13)20-15-10-12(4)19-17(21-15)18-11(2)3/h6-11H,5H2,1-4H3,(H2,18,19,20,21). The van der Waals surface area contributed by atoms with Gasteiger partial charge in [0, 0.05) is 17.8 Å². The zero-order valence-electron chi connectivity index (χ0n) is 13.9. The Morgan fingerprint density at radius 2 is 2.00 bits per heavy atom. The molecule has 0 aliphatic carbocycles. The molecule has 1 heterocycles. The maximum atomic E-state index is 12.0. The van der Waals surface area contributed by atoms with Gasteiger partial charge in [-0.05, 0) is 39.8 Å². The van der Waals surface area contributed by atoms with E-state index in [1.807, 2.05) is 39.0 Å². The highest BCUT2D eigenvalue weighted by atomic mass is 16.5. The molecule has 1 aromatic heterocycles. The van der Waals surface area contributed by atoms with Crippen molar-refractivity contribution in [2.75, 3.05) is 17.2 Å². The van der Waals surface area contributed by atoms with Crippen molar-refractivity contribution in [3.8, 4) is 0 Å². The zero-order valence-corrected chi connectivity index (χ0v) is 13.9. The fourth-order valence-corrected chi connectivity index (χ4v) is 2.07. The van der Waals surface area contributed by atoms with E-state index in [2.05, 4.69) is 20.6 Å². The molecule has 0 aliphatic rings. The summed E-state index contributed by atoms with van der Waals surface area (Å²) in [6.45, 7) is 8.06. The third-order valence-corrected chi connectivity index (χ3v) is 2.96. The summed E-state index contributed by atoms with van der Waals surface area (Å²) in [4.78, 5) is 20.8. The number of rotatable bonds is 6. The highest BCUT2D eigenvalue weighted by Crippen LogP contribution is 2.21. The molecule has 0 spiro atoms. The quantitative estimate of drug-likeness (QED) is 0.794. The van der Waals surface area contributed by atoms with Crippen molar-refractivity contribution < 1.29 is 9.53 Å². The lowest BCUT2D eigenvalue weighted by Gasteiger charge is -2.13. The molecule has 0 atom stereocenters. The van der Waals surface area contributed by atoms with Gasteiger partial charge >= 0.3 is 5.97 Å². The molecule has 122 valence electrons. The molecule has 23 heavy (non-hydrogen) atoms. The molecule has 2 rings (SSSR count). The lowest BCUT2D eigenvalue weighted by Crippen LogP contribution is -2.14. The number of esters is 1. The van der Waals surface area contributed by atoms with Crippen molar-refractivity contribution in [1.82, 2.24) is 9.97 Å². The topological polar surface area (TPSA) is 76.1 Å². The maximum absolute atomic E-state index is 12.0. The van der Waals surface area contributed by atoms with E-state index in [9.17, 15) is 4.79 Å². The molecule has 0 bridgehead atoms. The van der Waals surface area contributed by atoms with Crippen LogP contribution in [0.15, 0.2) is 30.3 Å². The minimum atomic E-state index is -0.359. The molecule has 1 aromatic carbocycles. The number of hydrogen-bond acceptors (Lipinski definition) is 6. The molecular weight excluding hydrogens is 292 g/mol. The second-order valence-electron chi connectivity index (χ2n) is 5.41. The van der Waals surface area contributed by atoms with Gasteiger partial charge in [-0.25, -0.2) is 9.78 Å². The van der Waals surface area contributed by atoms with Crippen LogP contribution in [0.4, 0.5) is 17.5 Å². The fourth-order valence-electron chi connectivity index (χ4n) is 2.07. The summed E-state index contributed by atoms with van der Waals surface area (Å²) in [6.07, 6.45) is 0. The molecule has 0 saturated heterocycles. The van der Waals surface area contributed by atoms with Crippen LogP contribution in [0, 0.1) is 6.92 Å². The summed E-state index contributed by atoms with van der Waals surface area (Å²) in [5, 5.41) is 6.35. The zero-order chi connectivity index (χ0) is 16.8. The Morgan fingerprint density at radius 1 is 1.26 bits per heavy atom. The third-order valence-electron chi connectivity index (χ3n) is 2.96. The predicted octanol–water partition coefficient (Wildman–Crippen LogP) is 3.53. The summed E-state index contributed by atoms with van der Waals surface area (Å²) in [7, 11) is 0. The average molecular weight is 314 g/mol. The van der Waals surface area contributed by atoms with Gasteiger partial charge in [-0.3, -0.25) is 0 Å². The lowest BCUT2D eigenvalue weighted by atomic mass is 10.2. The Morgan fingerprint density at radius 3 is 2.70 bits per heavy atom. The summed E-state index contributed by atoms with van der Waals surface area (Å²) in [5.74, 6) is 0.815. The van der Waals surface area contributed by atoms with Gasteiger partial charge in [-0.1, -0.05) is 12.1 Å². The molecule has 6 heteroatoms. The van der Waals surface area contributed by atoms with E-state index in [1.54, 1.807) is 19.1 Å². The summed E-state index contributed by atoms with van der Waals surface area (Å²) in [5.41, 5.74) is 1.96. The van der Waals surface area contributed by atoms with Gasteiger partial charge in [0.05, 0.1) is 17.9 Å². The number of aromatic nitrogens is 2. The van der Waals surface area contributed by atoms with Crippen LogP contribution in [0.2, 0.25) is 0 Å². The molecule has 2 aromatic rings. The highest BCUT2D eigenvalue weighted by molar-refractivity contribution is 5.96. The van der Waals surface area contributed by atoms with Crippen LogP contribution in [0.3, 0.4) is 0 Å². The summed E-state index contributed by atoms with van der Waals surface area (Å²) < 4.78 is 5.08. The Labute approximate surface area is 136 Å². The summed E-state index contributed by atoms with van der Waals surface area (Å²) >= 11 is 0. The SMILES string of the molecule is CCOC(=O)c1ccccc1Nc1cc(C)nc(NC(C)C)n1. The van der Waals surface area contributed by atoms with Gasteiger partial charge in [0.25, 0.3) is 0 Å². The number of benzene rings is 1. The van der Waals surface area contributed by atoms with Crippen molar-refractivity contribution in [3.63, 3.8) is 0 Å². The Kier molecular flexibility index (Phi) is 5.51. The second kappa shape index (κ2) is 7.58. The van der Waals surface area contributed by atoms with Crippen LogP contribution in [-0.4, -0.2) is 28.6 Å². The monoisotopic (exact) mass is 314 g/mol. The minimum absolute atomic E-state index is 0.233. The lowest BCUT2D eigenvalue weighted by molar-refractivity contribution is 0.0527. The number of aryl methyl sites for hydroxylation is 1. The molecule has 0 unspecified atom stereocenters. The van der Waals surface area contributed by atoms with E-state index < -0.39 is 0 Å². The van der Waals surface area contributed by atoms with Crippen LogP contribution in [0.5, 0.6) is 0 Å². The van der Waals surface area contributed by atoms with E-state index in [-0.39, 0.29) is 12.0 Å². The van der Waals surface area contributed by atoms with Crippen LogP contribution < -0.4 is 10.6 Å². The number of nitrogens with one attached hydrogen (secondary N) is 2. The first kappa shape index (κ1) is 16.7. The van der Waals surface area contributed by atoms with Crippen LogP contribution in [0.25, 0.3) is 0 Å². The van der Waals surface area contributed by atoms with Gasteiger partial charge in [0.1, 0.15) is 5.82 Å². The van der Waals surface area contributed by atoms with E-state index in [1.165, 1.54) is 0 Å². The minimum Gasteiger partial charge on any atom is -0.462 e. The second-order valence-corrected chi connectivity index (χ2v) is 5.41. The molecule has 0 amide bonds. The Balaban J connectivity index is 2.29. The molecule has 0 aliphatic heterocycles. The van der Waals surface area contributed by atoms with E-state index in [4.69, 9.17) is 4.74 Å². The number of nitrogens with zero attached hydrogens (tertiary/aromatic N) is 2. The largest absolute Gasteiger partial charge is 0.462 e. The van der Waals surface area contributed by atoms with Crippen LogP contribution >= 0.6 is 0 Å². The number of carbonyl (C=O) groups excluding carboxylic acids is 1. The highest BCUT2D eigenvalue weighted by Gasteiger charge is 2.13. The van der Waals surface area contributed by atoms with E-state index in [0.717, 1.165) is 5.69 Å². The van der Waals surface area contributed by atoms with Gasteiger partial charge in [-0.15, -0.1) is 0 Å². The number of para-hydroxylation sites is 1. The summed E-state index contributed by atoms with van der Waals surface area (Å²) in [6, 6.07) is 9.26. The van der Waals surface area contributed by atoms with Crippen molar-refractivity contribution in [1.29, 1.82) is 0 Å². The number of carbonyl (C=O) groups is 1. The molecule has 2 N–H and O–H groups in total. The van der Waals surface area contributed by atoms with Crippen molar-refractivity contribution >= 4 is 23.4 Å². The molecule has 6 nitrogen and oxygen atoms in total. The first-order valence-corrected chi connectivity index (χ1v) is 7.65. The van der Waals surface area contributed by atoms with Gasteiger partial charge in [-0.2, -0.15) is 4.98 Å². The molecule has 0 fully saturated rings. The third kappa shape index (κ3) is 4.67. The van der Waals surface area contributed by atoms with E-state index >= 15 is 0 Å². The average Bonchev–Trinajstić information content (AvgIpc) is 2.46. The number of ether oxygens (including phenoxy) is 1. The number of hydrogen-bond donors (Lipinski definition) is 2. The van der Waals surface area contributed by atoms with Crippen molar-refractivity contribution in [2.45, 2.75) is 33.7 Å².